The molecular weight excluding hydrogens is 469 g/mol. The number of amides is 1. The summed E-state index contributed by atoms with van der Waals surface area (Å²) < 4.78 is 66.9. The van der Waals surface area contributed by atoms with E-state index in [0.29, 0.717) is 16.9 Å². The highest BCUT2D eigenvalue weighted by atomic mass is 32.2. The molecule has 3 aromatic carbocycles. The molecule has 0 heterocycles. The lowest BCUT2D eigenvalue weighted by Crippen LogP contribution is -2.16. The Morgan fingerprint density at radius 3 is 2.15 bits per heavy atom. The van der Waals surface area contributed by atoms with Crippen LogP contribution in [0, 0.1) is 12.7 Å². The fourth-order valence-electron chi connectivity index (χ4n) is 2.76. The summed E-state index contributed by atoms with van der Waals surface area (Å²) in [5.74, 6) is -1.21. The molecule has 0 aliphatic heterocycles. The van der Waals surface area contributed by atoms with Gasteiger partial charge in [0.05, 0.1) is 10.6 Å². The number of carbonyl (C=O) groups is 1. The first kappa shape index (κ1) is 24.2. The first-order valence-electron chi connectivity index (χ1n) is 9.80. The van der Waals surface area contributed by atoms with Gasteiger partial charge in [-0.25, -0.2) is 21.2 Å². The Labute approximate surface area is 192 Å². The van der Waals surface area contributed by atoms with E-state index < -0.39 is 31.8 Å². The number of hydrogen-bond acceptors (Lipinski definition) is 5. The van der Waals surface area contributed by atoms with Crippen molar-refractivity contribution in [2.45, 2.75) is 18.7 Å². The quantitative estimate of drug-likeness (QED) is 0.441. The van der Waals surface area contributed by atoms with Crippen LogP contribution in [-0.2, 0) is 20.0 Å². The molecule has 0 aromatic heterocycles. The molecule has 3 aromatic rings. The number of halogens is 1. The van der Waals surface area contributed by atoms with Crippen molar-refractivity contribution >= 4 is 43.0 Å². The third kappa shape index (κ3) is 6.30. The standard InChI is InChI=1S/C22H22FN3O5S2/c1-3-32(28,29)25-18-10-8-17(9-11-18)24-22(27)16-5-4-6-19(13-16)26-33(30,31)20-12-7-15(2)21(23)14-20/h4-14,25-26H,3H2,1-2H3,(H,24,27). The van der Waals surface area contributed by atoms with E-state index in [-0.39, 0.29) is 21.9 Å². The molecule has 0 unspecified atom stereocenters. The van der Waals surface area contributed by atoms with Gasteiger partial charge in [0, 0.05) is 22.6 Å². The van der Waals surface area contributed by atoms with E-state index in [1.807, 2.05) is 0 Å². The van der Waals surface area contributed by atoms with Crippen LogP contribution in [-0.4, -0.2) is 28.5 Å². The summed E-state index contributed by atoms with van der Waals surface area (Å²) >= 11 is 0. The monoisotopic (exact) mass is 491 g/mol. The second-order valence-corrected chi connectivity index (χ2v) is 10.8. The highest BCUT2D eigenvalue weighted by Gasteiger charge is 2.17. The van der Waals surface area contributed by atoms with E-state index in [0.717, 1.165) is 6.07 Å². The summed E-state index contributed by atoms with van der Waals surface area (Å²) in [4.78, 5) is 12.4. The van der Waals surface area contributed by atoms with Crippen LogP contribution in [0.4, 0.5) is 21.5 Å². The number of nitrogens with one attached hydrogen (secondary N) is 3. The average Bonchev–Trinajstić information content (AvgIpc) is 2.76. The van der Waals surface area contributed by atoms with Gasteiger partial charge in [0.1, 0.15) is 5.82 Å². The van der Waals surface area contributed by atoms with Gasteiger partial charge in [-0.2, -0.15) is 0 Å². The fourth-order valence-corrected chi connectivity index (χ4v) is 4.46. The SMILES string of the molecule is CCS(=O)(=O)Nc1ccc(NC(=O)c2cccc(NS(=O)(=O)c3ccc(C)c(F)c3)c2)cc1. The molecule has 0 atom stereocenters. The van der Waals surface area contributed by atoms with E-state index >= 15 is 0 Å². The van der Waals surface area contributed by atoms with Crippen LogP contribution < -0.4 is 14.8 Å². The van der Waals surface area contributed by atoms with Crippen LogP contribution in [0.25, 0.3) is 0 Å². The Morgan fingerprint density at radius 1 is 0.848 bits per heavy atom. The summed E-state index contributed by atoms with van der Waals surface area (Å²) in [5.41, 5.74) is 1.41. The summed E-state index contributed by atoms with van der Waals surface area (Å²) in [6, 6.07) is 15.5. The van der Waals surface area contributed by atoms with Crippen molar-refractivity contribution in [1.82, 2.24) is 0 Å². The van der Waals surface area contributed by atoms with Crippen molar-refractivity contribution < 1.29 is 26.0 Å². The molecule has 1 amide bonds. The number of rotatable bonds is 8. The third-order valence-electron chi connectivity index (χ3n) is 4.63. The van der Waals surface area contributed by atoms with Crippen molar-refractivity contribution in [1.29, 1.82) is 0 Å². The lowest BCUT2D eigenvalue weighted by Gasteiger charge is -2.11. The van der Waals surface area contributed by atoms with E-state index in [9.17, 15) is 26.0 Å². The molecular formula is C22H22FN3O5S2. The molecule has 3 N–H and O–H groups in total. The lowest BCUT2D eigenvalue weighted by molar-refractivity contribution is 0.102. The third-order valence-corrected chi connectivity index (χ3v) is 7.31. The predicted molar refractivity (Wildman–Crippen MR) is 126 cm³/mol. The van der Waals surface area contributed by atoms with Crippen molar-refractivity contribution in [3.63, 3.8) is 0 Å². The molecule has 0 saturated heterocycles. The molecule has 0 radical (unpaired) electrons. The molecule has 0 fully saturated rings. The van der Waals surface area contributed by atoms with E-state index in [2.05, 4.69) is 14.8 Å². The Bertz CT molecular complexity index is 1390. The number of sulfonamides is 2. The molecule has 0 saturated carbocycles. The highest BCUT2D eigenvalue weighted by Crippen LogP contribution is 2.21. The summed E-state index contributed by atoms with van der Waals surface area (Å²) in [6.07, 6.45) is 0. The van der Waals surface area contributed by atoms with Gasteiger partial charge in [-0.05, 0) is 74.0 Å². The first-order chi connectivity index (χ1) is 15.5. The largest absolute Gasteiger partial charge is 0.322 e. The molecule has 174 valence electrons. The maximum Gasteiger partial charge on any atom is 0.261 e. The van der Waals surface area contributed by atoms with E-state index in [4.69, 9.17) is 0 Å². The maximum atomic E-state index is 13.8. The Kier molecular flexibility index (Phi) is 7.04. The van der Waals surface area contributed by atoms with Gasteiger partial charge >= 0.3 is 0 Å². The van der Waals surface area contributed by atoms with Gasteiger partial charge in [0.25, 0.3) is 15.9 Å². The summed E-state index contributed by atoms with van der Waals surface area (Å²) in [5, 5.41) is 2.65. The van der Waals surface area contributed by atoms with Gasteiger partial charge in [0.2, 0.25) is 10.0 Å². The van der Waals surface area contributed by atoms with Crippen LogP contribution in [0.2, 0.25) is 0 Å². The average molecular weight is 492 g/mol. The van der Waals surface area contributed by atoms with Gasteiger partial charge in [0.15, 0.2) is 0 Å². The number of aryl methyl sites for hydroxylation is 1. The minimum Gasteiger partial charge on any atom is -0.322 e. The number of hydrogen-bond donors (Lipinski definition) is 3. The first-order valence-corrected chi connectivity index (χ1v) is 12.9. The van der Waals surface area contributed by atoms with Gasteiger partial charge < -0.3 is 5.32 Å². The van der Waals surface area contributed by atoms with Crippen molar-refractivity contribution in [3.05, 3.63) is 83.7 Å². The number of benzene rings is 3. The molecule has 11 heteroatoms. The lowest BCUT2D eigenvalue weighted by atomic mass is 10.2. The van der Waals surface area contributed by atoms with Crippen LogP contribution in [0.5, 0.6) is 0 Å². The van der Waals surface area contributed by atoms with Crippen LogP contribution >= 0.6 is 0 Å². The van der Waals surface area contributed by atoms with Crippen molar-refractivity contribution in [2.75, 3.05) is 20.5 Å². The Hall–Kier alpha value is -3.44. The minimum absolute atomic E-state index is 0.0650. The maximum absolute atomic E-state index is 13.8. The van der Waals surface area contributed by atoms with Gasteiger partial charge in [-0.3, -0.25) is 14.2 Å². The smallest absolute Gasteiger partial charge is 0.261 e. The molecule has 8 nitrogen and oxygen atoms in total. The number of carbonyl (C=O) groups excluding carboxylic acids is 1. The second-order valence-electron chi connectivity index (χ2n) is 7.13. The van der Waals surface area contributed by atoms with Crippen molar-refractivity contribution in [2.24, 2.45) is 0 Å². The number of anilines is 3. The topological polar surface area (TPSA) is 121 Å². The Balaban J connectivity index is 1.72. The fraction of sp³-hybridized carbons (Fsp3) is 0.136. The zero-order valence-electron chi connectivity index (χ0n) is 17.8. The Morgan fingerprint density at radius 2 is 1.52 bits per heavy atom. The molecule has 0 bridgehead atoms. The molecule has 0 spiro atoms. The minimum atomic E-state index is -4.05. The van der Waals surface area contributed by atoms with Crippen LogP contribution in [0.15, 0.2) is 71.6 Å². The predicted octanol–water partition coefficient (Wildman–Crippen LogP) is 3.95. The summed E-state index contributed by atoms with van der Waals surface area (Å²) in [7, 11) is -7.46. The molecule has 0 aliphatic carbocycles. The molecule has 0 aliphatic rings. The van der Waals surface area contributed by atoms with E-state index in [1.54, 1.807) is 0 Å². The van der Waals surface area contributed by atoms with Crippen LogP contribution in [0.3, 0.4) is 0 Å². The molecule has 3 rings (SSSR count). The normalized spacial score (nSPS) is 11.6. The zero-order chi connectivity index (χ0) is 24.2. The van der Waals surface area contributed by atoms with Gasteiger partial charge in [-0.1, -0.05) is 12.1 Å². The summed E-state index contributed by atoms with van der Waals surface area (Å²) in [6.45, 7) is 3.04. The second kappa shape index (κ2) is 9.59. The van der Waals surface area contributed by atoms with Gasteiger partial charge in [-0.15, -0.1) is 0 Å². The van der Waals surface area contributed by atoms with Crippen molar-refractivity contribution in [3.8, 4) is 0 Å². The van der Waals surface area contributed by atoms with E-state index in [1.165, 1.54) is 74.5 Å². The zero-order valence-corrected chi connectivity index (χ0v) is 19.4. The van der Waals surface area contributed by atoms with Crippen LogP contribution in [0.1, 0.15) is 22.8 Å². The molecule has 33 heavy (non-hydrogen) atoms. The highest BCUT2D eigenvalue weighted by molar-refractivity contribution is 7.93.